The molecule has 0 amide bonds. The van der Waals surface area contributed by atoms with Crippen LogP contribution in [0.3, 0.4) is 0 Å². The largest absolute Gasteiger partial charge is 0.417 e. The zero-order valence-electron chi connectivity index (χ0n) is 21.6. The Bertz CT molecular complexity index is 348. The Hall–Kier alpha value is 0.0569. The van der Waals surface area contributed by atoms with E-state index in [1.54, 1.807) is 0 Å². The normalized spacial score (nSPS) is 13.2. The molecule has 0 spiro atoms. The second-order valence-corrected chi connectivity index (χ2v) is 14.6. The lowest BCUT2D eigenvalue weighted by atomic mass is 9.73. The van der Waals surface area contributed by atoms with Crippen molar-refractivity contribution in [3.05, 3.63) is 0 Å². The average molecular weight is 430 g/mol. The third kappa shape index (κ3) is 13.2. The van der Waals surface area contributed by atoms with Crippen LogP contribution in [0.15, 0.2) is 0 Å². The highest BCUT2D eigenvalue weighted by molar-refractivity contribution is 6.73. The molecule has 0 rings (SSSR count). The van der Waals surface area contributed by atoms with Crippen molar-refractivity contribution in [2.24, 2.45) is 5.41 Å². The number of hydrogen-bond donors (Lipinski definition) is 0. The molecule has 0 unspecified atom stereocenters. The van der Waals surface area contributed by atoms with Gasteiger partial charge in [0, 0.05) is 6.61 Å². The van der Waals surface area contributed by atoms with Gasteiger partial charge in [0.15, 0.2) is 8.32 Å². The summed E-state index contributed by atoms with van der Waals surface area (Å²) in [7, 11) is 11.7. The van der Waals surface area contributed by atoms with Gasteiger partial charge in [-0.3, -0.25) is 0 Å². The molecule has 0 bridgehead atoms. The molecule has 0 aliphatic rings. The molecule has 0 aliphatic carbocycles. The molecule has 176 valence electrons. The molecule has 5 heteroatoms. The summed E-state index contributed by atoms with van der Waals surface area (Å²) in [6.45, 7) is 11.4. The molecule has 29 heavy (non-hydrogen) atoms. The third-order valence-corrected chi connectivity index (χ3v) is 11.4. The molecular formula is C24H55N3OSi. The lowest BCUT2D eigenvalue weighted by molar-refractivity contribution is 0.168. The summed E-state index contributed by atoms with van der Waals surface area (Å²) in [5, 5.41) is 0. The summed E-state index contributed by atoms with van der Waals surface area (Å²) < 4.78 is 6.47. The number of nitrogens with zero attached hydrogens (tertiary/aromatic N) is 3. The summed E-state index contributed by atoms with van der Waals surface area (Å²) in [5.74, 6) is 0. The van der Waals surface area contributed by atoms with Gasteiger partial charge in [0.2, 0.25) is 0 Å². The van der Waals surface area contributed by atoms with Crippen molar-refractivity contribution in [2.45, 2.75) is 83.8 Å². The SMILES string of the molecule is CCO[Si](CC)(CC)CCC(CCCN(C)C)(CCCN(C)C)CCCN(C)C. The van der Waals surface area contributed by atoms with Crippen LogP contribution in [0.4, 0.5) is 0 Å². The van der Waals surface area contributed by atoms with Crippen LogP contribution in [0.2, 0.25) is 18.1 Å². The molecule has 0 aromatic heterocycles. The van der Waals surface area contributed by atoms with Gasteiger partial charge in [-0.1, -0.05) is 13.8 Å². The number of hydrogen-bond acceptors (Lipinski definition) is 4. The summed E-state index contributed by atoms with van der Waals surface area (Å²) in [5.41, 5.74) is 0.488. The molecule has 0 aliphatic heterocycles. The van der Waals surface area contributed by atoms with Crippen molar-refractivity contribution < 1.29 is 4.43 Å². The first-order chi connectivity index (χ1) is 13.6. The van der Waals surface area contributed by atoms with Crippen molar-refractivity contribution in [1.29, 1.82) is 0 Å². The van der Waals surface area contributed by atoms with E-state index in [9.17, 15) is 0 Å². The highest BCUT2D eigenvalue weighted by Crippen LogP contribution is 2.42. The maximum absolute atomic E-state index is 6.47. The molecule has 0 saturated carbocycles. The lowest BCUT2D eigenvalue weighted by Crippen LogP contribution is -2.39. The highest BCUT2D eigenvalue weighted by atomic mass is 28.4. The molecule has 0 radical (unpaired) electrons. The predicted octanol–water partition coefficient (Wildman–Crippen LogP) is 5.41. The van der Waals surface area contributed by atoms with Crippen LogP contribution in [0.1, 0.15) is 65.7 Å². The predicted molar refractivity (Wildman–Crippen MR) is 134 cm³/mol. The van der Waals surface area contributed by atoms with Gasteiger partial charge in [0.05, 0.1) is 0 Å². The molecule has 0 heterocycles. The zero-order chi connectivity index (χ0) is 22.3. The fourth-order valence-corrected chi connectivity index (χ4v) is 8.10. The number of rotatable bonds is 19. The van der Waals surface area contributed by atoms with Gasteiger partial charge in [0.1, 0.15) is 0 Å². The van der Waals surface area contributed by atoms with Crippen LogP contribution >= 0.6 is 0 Å². The van der Waals surface area contributed by atoms with Crippen LogP contribution in [-0.4, -0.2) is 91.5 Å². The van der Waals surface area contributed by atoms with Gasteiger partial charge in [-0.2, -0.15) is 0 Å². The van der Waals surface area contributed by atoms with E-state index in [0.717, 1.165) is 6.61 Å². The van der Waals surface area contributed by atoms with Crippen molar-refractivity contribution in [2.75, 3.05) is 68.5 Å². The Morgan fingerprint density at radius 2 is 1.00 bits per heavy atom. The van der Waals surface area contributed by atoms with Gasteiger partial charge in [-0.25, -0.2) is 0 Å². The van der Waals surface area contributed by atoms with E-state index >= 15 is 0 Å². The van der Waals surface area contributed by atoms with Gasteiger partial charge in [0.25, 0.3) is 0 Å². The van der Waals surface area contributed by atoms with Crippen molar-refractivity contribution in [3.63, 3.8) is 0 Å². The van der Waals surface area contributed by atoms with Crippen molar-refractivity contribution in [3.8, 4) is 0 Å². The quantitative estimate of drug-likeness (QED) is 0.255. The van der Waals surface area contributed by atoms with Crippen LogP contribution in [-0.2, 0) is 4.43 Å². The Balaban J connectivity index is 5.38. The summed E-state index contributed by atoms with van der Waals surface area (Å²) in [6.07, 6.45) is 9.44. The van der Waals surface area contributed by atoms with Gasteiger partial charge in [-0.05, 0) is 137 Å². The lowest BCUT2D eigenvalue weighted by Gasteiger charge is -2.39. The smallest absolute Gasteiger partial charge is 0.192 e. The maximum Gasteiger partial charge on any atom is 0.192 e. The third-order valence-electron chi connectivity index (χ3n) is 6.79. The minimum absolute atomic E-state index is 0.488. The Morgan fingerprint density at radius 1 is 0.621 bits per heavy atom. The van der Waals surface area contributed by atoms with Crippen LogP contribution in [0, 0.1) is 5.41 Å². The fraction of sp³-hybridized carbons (Fsp3) is 1.00. The first-order valence-corrected chi connectivity index (χ1v) is 14.8. The summed E-state index contributed by atoms with van der Waals surface area (Å²) >= 11 is 0. The van der Waals surface area contributed by atoms with Crippen LogP contribution < -0.4 is 0 Å². The highest BCUT2D eigenvalue weighted by Gasteiger charge is 2.36. The molecule has 0 aromatic rings. The Kier molecular flexibility index (Phi) is 15.8. The second-order valence-electron chi connectivity index (χ2n) is 10.0. The Labute approximate surface area is 185 Å². The van der Waals surface area contributed by atoms with Gasteiger partial charge < -0.3 is 19.1 Å². The summed E-state index contributed by atoms with van der Waals surface area (Å²) in [6, 6.07) is 3.88. The topological polar surface area (TPSA) is 19.0 Å². The zero-order valence-corrected chi connectivity index (χ0v) is 22.6. The molecular weight excluding hydrogens is 374 g/mol. The summed E-state index contributed by atoms with van der Waals surface area (Å²) in [4.78, 5) is 7.05. The molecule has 0 fully saturated rings. The molecule has 0 atom stereocenters. The van der Waals surface area contributed by atoms with E-state index in [1.807, 2.05) is 0 Å². The first-order valence-electron chi connectivity index (χ1n) is 12.2. The monoisotopic (exact) mass is 429 g/mol. The van der Waals surface area contributed by atoms with E-state index in [1.165, 1.54) is 82.7 Å². The fourth-order valence-electron chi connectivity index (χ4n) is 4.74. The van der Waals surface area contributed by atoms with Crippen LogP contribution in [0.25, 0.3) is 0 Å². The Morgan fingerprint density at radius 3 is 1.28 bits per heavy atom. The first kappa shape index (κ1) is 29.1. The molecule has 0 aromatic carbocycles. The van der Waals surface area contributed by atoms with E-state index in [-0.39, 0.29) is 0 Å². The standard InChI is InChI=1S/C24H55N3OSi/c1-10-28-29(11-2,12-3)23-19-24(16-13-20-25(4)5,17-14-21-26(6)7)18-15-22-27(8)9/h10-23H2,1-9H3. The molecule has 4 nitrogen and oxygen atoms in total. The van der Waals surface area contributed by atoms with E-state index in [2.05, 4.69) is 77.8 Å². The van der Waals surface area contributed by atoms with E-state index < -0.39 is 8.32 Å². The second kappa shape index (κ2) is 15.8. The van der Waals surface area contributed by atoms with E-state index in [4.69, 9.17) is 4.43 Å². The minimum Gasteiger partial charge on any atom is -0.417 e. The molecule has 0 N–H and O–H groups in total. The van der Waals surface area contributed by atoms with Crippen molar-refractivity contribution in [1.82, 2.24) is 14.7 Å². The minimum atomic E-state index is -1.57. The van der Waals surface area contributed by atoms with Crippen LogP contribution in [0.5, 0.6) is 0 Å². The maximum atomic E-state index is 6.47. The molecule has 0 saturated heterocycles. The van der Waals surface area contributed by atoms with E-state index in [0.29, 0.717) is 5.41 Å². The van der Waals surface area contributed by atoms with Gasteiger partial charge >= 0.3 is 0 Å². The van der Waals surface area contributed by atoms with Gasteiger partial charge in [-0.15, -0.1) is 0 Å². The average Bonchev–Trinajstić information content (AvgIpc) is 2.64. The van der Waals surface area contributed by atoms with Crippen molar-refractivity contribution >= 4 is 8.32 Å².